The standard InChI is InChI=1S/C27H27Cl2N3O/c28-22-15-14-21(23(29)18-22)19-32-25-12-7-6-11-24(25)31-26(32)13-5-2-8-16-30-27(33)17-20-9-3-1-4-10-20/h1,3-4,6-7,9-12,14-15,18H,2,5,8,13,16-17,19H2,(H,30,33). The van der Waals surface area contributed by atoms with E-state index in [1.54, 1.807) is 6.07 Å². The van der Waals surface area contributed by atoms with Crippen molar-refractivity contribution < 1.29 is 4.79 Å². The molecule has 1 N–H and O–H groups in total. The number of hydrogen-bond acceptors (Lipinski definition) is 2. The summed E-state index contributed by atoms with van der Waals surface area (Å²) in [5.41, 5.74) is 4.15. The Hall–Kier alpha value is -2.82. The van der Waals surface area contributed by atoms with Crippen LogP contribution in [0.4, 0.5) is 0 Å². The van der Waals surface area contributed by atoms with Gasteiger partial charge in [-0.05, 0) is 48.2 Å². The van der Waals surface area contributed by atoms with Crippen molar-refractivity contribution in [2.45, 2.75) is 38.6 Å². The molecular weight excluding hydrogens is 453 g/mol. The summed E-state index contributed by atoms with van der Waals surface area (Å²) in [6, 6.07) is 23.6. The second-order valence-electron chi connectivity index (χ2n) is 8.16. The highest BCUT2D eigenvalue weighted by Gasteiger charge is 2.12. The maximum absolute atomic E-state index is 12.1. The SMILES string of the molecule is O=C(Cc1ccccc1)NCCCCCc1nc2ccccc2n1Cc1ccc(Cl)cc1Cl. The van der Waals surface area contributed by atoms with Crippen molar-refractivity contribution in [3.8, 4) is 0 Å². The number of carbonyl (C=O) groups is 1. The molecule has 170 valence electrons. The van der Waals surface area contributed by atoms with Gasteiger partial charge in [0.05, 0.1) is 24.0 Å². The topological polar surface area (TPSA) is 46.9 Å². The number of amides is 1. The molecular formula is C27H27Cl2N3O. The van der Waals surface area contributed by atoms with Gasteiger partial charge in [0, 0.05) is 23.0 Å². The molecule has 4 aromatic rings. The minimum Gasteiger partial charge on any atom is -0.356 e. The van der Waals surface area contributed by atoms with Crippen molar-refractivity contribution in [2.24, 2.45) is 0 Å². The van der Waals surface area contributed by atoms with Crippen LogP contribution < -0.4 is 5.32 Å². The normalized spacial score (nSPS) is 11.1. The first-order chi connectivity index (χ1) is 16.1. The number of nitrogens with one attached hydrogen (secondary N) is 1. The van der Waals surface area contributed by atoms with Crippen LogP contribution in [0.15, 0.2) is 72.8 Å². The molecule has 0 fully saturated rings. The van der Waals surface area contributed by atoms with Crippen molar-refractivity contribution in [2.75, 3.05) is 6.54 Å². The van der Waals surface area contributed by atoms with Crippen LogP contribution in [0, 0.1) is 0 Å². The maximum Gasteiger partial charge on any atom is 0.224 e. The molecule has 3 aromatic carbocycles. The Balaban J connectivity index is 1.31. The third-order valence-corrected chi connectivity index (χ3v) is 6.27. The lowest BCUT2D eigenvalue weighted by molar-refractivity contribution is -0.120. The Bertz CT molecular complexity index is 1220. The van der Waals surface area contributed by atoms with Crippen LogP contribution in [0.1, 0.15) is 36.2 Å². The zero-order valence-electron chi connectivity index (χ0n) is 18.4. The minimum absolute atomic E-state index is 0.0721. The van der Waals surface area contributed by atoms with E-state index in [1.807, 2.05) is 60.7 Å². The van der Waals surface area contributed by atoms with Gasteiger partial charge in [0.15, 0.2) is 0 Å². The predicted molar refractivity (Wildman–Crippen MR) is 136 cm³/mol. The number of halogens is 2. The summed E-state index contributed by atoms with van der Waals surface area (Å²) in [5.74, 6) is 1.12. The number of fused-ring (bicyclic) bond motifs is 1. The fourth-order valence-electron chi connectivity index (χ4n) is 3.97. The number of imidazole rings is 1. The molecule has 0 spiro atoms. The van der Waals surface area contributed by atoms with E-state index in [4.69, 9.17) is 28.2 Å². The summed E-state index contributed by atoms with van der Waals surface area (Å²) in [5, 5.41) is 4.32. The summed E-state index contributed by atoms with van der Waals surface area (Å²) < 4.78 is 2.24. The van der Waals surface area contributed by atoms with Crippen LogP contribution in [0.25, 0.3) is 11.0 Å². The van der Waals surface area contributed by atoms with Gasteiger partial charge >= 0.3 is 0 Å². The molecule has 0 unspecified atom stereocenters. The fraction of sp³-hybridized carbons (Fsp3) is 0.259. The average molecular weight is 480 g/mol. The fourth-order valence-corrected chi connectivity index (χ4v) is 4.44. The summed E-state index contributed by atoms with van der Waals surface area (Å²) in [4.78, 5) is 17.0. The van der Waals surface area contributed by atoms with E-state index in [0.29, 0.717) is 29.6 Å². The lowest BCUT2D eigenvalue weighted by Gasteiger charge is -2.11. The molecule has 33 heavy (non-hydrogen) atoms. The molecule has 6 heteroatoms. The zero-order valence-corrected chi connectivity index (χ0v) is 19.9. The predicted octanol–water partition coefficient (Wildman–Crippen LogP) is 6.46. The summed E-state index contributed by atoms with van der Waals surface area (Å²) >= 11 is 12.5. The second kappa shape index (κ2) is 11.4. The van der Waals surface area contributed by atoms with Gasteiger partial charge in [0.1, 0.15) is 5.82 Å². The van der Waals surface area contributed by atoms with Crippen LogP contribution in [0.3, 0.4) is 0 Å². The summed E-state index contributed by atoms with van der Waals surface area (Å²) in [7, 11) is 0. The summed E-state index contributed by atoms with van der Waals surface area (Å²) in [6.45, 7) is 1.35. The first-order valence-electron chi connectivity index (χ1n) is 11.3. The van der Waals surface area contributed by atoms with E-state index in [1.165, 1.54) is 0 Å². The lowest BCUT2D eigenvalue weighted by atomic mass is 10.1. The first kappa shape index (κ1) is 23.3. The zero-order chi connectivity index (χ0) is 23.0. The molecule has 1 aromatic heterocycles. The highest BCUT2D eigenvalue weighted by Crippen LogP contribution is 2.25. The Morgan fingerprint density at radius 2 is 1.70 bits per heavy atom. The molecule has 0 saturated carbocycles. The number of aromatic nitrogens is 2. The lowest BCUT2D eigenvalue weighted by Crippen LogP contribution is -2.26. The molecule has 1 heterocycles. The monoisotopic (exact) mass is 479 g/mol. The van der Waals surface area contributed by atoms with Crippen molar-refractivity contribution in [3.05, 3.63) is 99.8 Å². The van der Waals surface area contributed by atoms with E-state index in [2.05, 4.69) is 16.0 Å². The molecule has 1 amide bonds. The molecule has 0 radical (unpaired) electrons. The van der Waals surface area contributed by atoms with Gasteiger partial charge < -0.3 is 9.88 Å². The van der Waals surface area contributed by atoms with Gasteiger partial charge in [-0.3, -0.25) is 4.79 Å². The van der Waals surface area contributed by atoms with Crippen LogP contribution in [-0.4, -0.2) is 22.0 Å². The number of carbonyl (C=O) groups excluding carboxylic acids is 1. The molecule has 0 saturated heterocycles. The van der Waals surface area contributed by atoms with E-state index >= 15 is 0 Å². The van der Waals surface area contributed by atoms with Crippen molar-refractivity contribution in [1.29, 1.82) is 0 Å². The third kappa shape index (κ3) is 6.37. The minimum atomic E-state index is 0.0721. The van der Waals surface area contributed by atoms with Crippen molar-refractivity contribution >= 4 is 40.1 Å². The number of aryl methyl sites for hydroxylation is 1. The van der Waals surface area contributed by atoms with Gasteiger partial charge in [-0.25, -0.2) is 4.98 Å². The van der Waals surface area contributed by atoms with Crippen LogP contribution in [0.2, 0.25) is 10.0 Å². The van der Waals surface area contributed by atoms with Crippen LogP contribution >= 0.6 is 23.2 Å². The van der Waals surface area contributed by atoms with Crippen LogP contribution in [0.5, 0.6) is 0 Å². The molecule has 4 rings (SSSR count). The van der Waals surface area contributed by atoms with Gasteiger partial charge in [-0.2, -0.15) is 0 Å². The van der Waals surface area contributed by atoms with Crippen molar-refractivity contribution in [3.63, 3.8) is 0 Å². The molecule has 0 aliphatic carbocycles. The Morgan fingerprint density at radius 1 is 0.909 bits per heavy atom. The first-order valence-corrected chi connectivity index (χ1v) is 12.0. The Morgan fingerprint density at radius 3 is 2.52 bits per heavy atom. The molecule has 0 atom stereocenters. The van der Waals surface area contributed by atoms with Gasteiger partial charge in [0.2, 0.25) is 5.91 Å². The van der Waals surface area contributed by atoms with E-state index in [0.717, 1.165) is 53.7 Å². The molecule has 4 nitrogen and oxygen atoms in total. The van der Waals surface area contributed by atoms with Gasteiger partial charge in [0.25, 0.3) is 0 Å². The van der Waals surface area contributed by atoms with E-state index in [9.17, 15) is 4.79 Å². The maximum atomic E-state index is 12.1. The molecule has 0 bridgehead atoms. The Kier molecular flexibility index (Phi) is 8.03. The van der Waals surface area contributed by atoms with Gasteiger partial charge in [-0.15, -0.1) is 0 Å². The number of benzene rings is 3. The summed E-state index contributed by atoms with van der Waals surface area (Å²) in [6.07, 6.45) is 4.28. The average Bonchev–Trinajstić information content (AvgIpc) is 3.16. The highest BCUT2D eigenvalue weighted by atomic mass is 35.5. The highest BCUT2D eigenvalue weighted by molar-refractivity contribution is 6.35. The van der Waals surface area contributed by atoms with Crippen LogP contribution in [-0.2, 0) is 24.2 Å². The smallest absolute Gasteiger partial charge is 0.224 e. The molecule has 0 aliphatic heterocycles. The third-order valence-electron chi connectivity index (χ3n) is 5.68. The number of para-hydroxylation sites is 2. The second-order valence-corrected chi connectivity index (χ2v) is 9.01. The Labute approximate surface area is 204 Å². The van der Waals surface area contributed by atoms with E-state index < -0.39 is 0 Å². The van der Waals surface area contributed by atoms with E-state index in [-0.39, 0.29) is 5.91 Å². The van der Waals surface area contributed by atoms with Gasteiger partial charge in [-0.1, -0.05) is 78.2 Å². The number of hydrogen-bond donors (Lipinski definition) is 1. The largest absolute Gasteiger partial charge is 0.356 e. The number of nitrogens with zero attached hydrogens (tertiary/aromatic N) is 2. The molecule has 0 aliphatic rings. The van der Waals surface area contributed by atoms with Crippen molar-refractivity contribution in [1.82, 2.24) is 14.9 Å². The number of rotatable bonds is 10. The quantitative estimate of drug-likeness (QED) is 0.265. The number of unbranched alkanes of at least 4 members (excludes halogenated alkanes) is 2.